The number of thiophene rings is 1. The summed E-state index contributed by atoms with van der Waals surface area (Å²) in [6.07, 6.45) is 0. The minimum Gasteiger partial charge on any atom is -0.306 e. The van der Waals surface area contributed by atoms with Crippen LogP contribution in [0.1, 0.15) is 0 Å². The molecule has 0 radical (unpaired) electrons. The van der Waals surface area contributed by atoms with E-state index in [2.05, 4.69) is 12.6 Å². The number of hydrogen-bond donors (Lipinski definition) is 1. The minimum atomic E-state index is 0.0239. The maximum absolute atomic E-state index is 11.1. The Labute approximate surface area is 75.2 Å². The number of amides is 1. The number of nitrogens with zero attached hydrogens (tertiary/aromatic N) is 1. The van der Waals surface area contributed by atoms with Crippen molar-refractivity contribution in [2.75, 3.05) is 17.7 Å². The molecule has 0 aliphatic heterocycles. The van der Waals surface area contributed by atoms with Gasteiger partial charge in [-0.1, -0.05) is 0 Å². The first-order valence-corrected chi connectivity index (χ1v) is 4.68. The van der Waals surface area contributed by atoms with Gasteiger partial charge in [0.05, 0.1) is 10.8 Å². The van der Waals surface area contributed by atoms with Crippen molar-refractivity contribution in [1.29, 1.82) is 0 Å². The second-order valence-electron chi connectivity index (χ2n) is 2.06. The second-order valence-corrected chi connectivity index (χ2v) is 3.30. The molecular weight excluding hydrogens is 178 g/mol. The first-order chi connectivity index (χ1) is 5.25. The maximum atomic E-state index is 11.1. The zero-order valence-corrected chi connectivity index (χ0v) is 7.86. The van der Waals surface area contributed by atoms with Gasteiger partial charge in [-0.25, -0.2) is 0 Å². The van der Waals surface area contributed by atoms with Crippen molar-refractivity contribution in [3.05, 3.63) is 17.5 Å². The topological polar surface area (TPSA) is 20.3 Å². The van der Waals surface area contributed by atoms with Crippen molar-refractivity contribution >= 4 is 34.9 Å². The zero-order chi connectivity index (χ0) is 8.27. The van der Waals surface area contributed by atoms with Crippen LogP contribution in [0.5, 0.6) is 0 Å². The van der Waals surface area contributed by atoms with Gasteiger partial charge in [0.25, 0.3) is 0 Å². The van der Waals surface area contributed by atoms with E-state index in [0.717, 1.165) is 5.00 Å². The average molecular weight is 187 g/mol. The van der Waals surface area contributed by atoms with Crippen LogP contribution in [0, 0.1) is 0 Å². The summed E-state index contributed by atoms with van der Waals surface area (Å²) in [5.74, 6) is 0.282. The molecule has 0 aliphatic carbocycles. The van der Waals surface area contributed by atoms with Crippen LogP contribution in [-0.4, -0.2) is 18.7 Å². The van der Waals surface area contributed by atoms with Crippen LogP contribution < -0.4 is 4.90 Å². The first kappa shape index (κ1) is 8.62. The van der Waals surface area contributed by atoms with Crippen molar-refractivity contribution < 1.29 is 4.79 Å². The summed E-state index contributed by atoms with van der Waals surface area (Å²) in [5.41, 5.74) is 0. The van der Waals surface area contributed by atoms with Gasteiger partial charge in [0.15, 0.2) is 0 Å². The van der Waals surface area contributed by atoms with Crippen LogP contribution in [0.4, 0.5) is 5.00 Å². The standard InChI is InChI=1S/C7H9NOS2/c1-8(6(9)5-10)7-3-2-4-11-7/h2-4,10H,5H2,1H3. The van der Waals surface area contributed by atoms with Crippen LogP contribution >= 0.6 is 24.0 Å². The maximum Gasteiger partial charge on any atom is 0.237 e. The van der Waals surface area contributed by atoms with Crippen LogP contribution in [-0.2, 0) is 4.79 Å². The molecule has 60 valence electrons. The van der Waals surface area contributed by atoms with E-state index in [4.69, 9.17) is 0 Å². The summed E-state index contributed by atoms with van der Waals surface area (Å²) in [6, 6.07) is 3.83. The van der Waals surface area contributed by atoms with E-state index in [9.17, 15) is 4.79 Å². The molecule has 0 fully saturated rings. The molecule has 0 saturated carbocycles. The highest BCUT2D eigenvalue weighted by molar-refractivity contribution is 7.81. The number of thiol groups is 1. The van der Waals surface area contributed by atoms with Crippen molar-refractivity contribution in [3.8, 4) is 0 Å². The lowest BCUT2D eigenvalue weighted by molar-refractivity contribution is -0.115. The van der Waals surface area contributed by atoms with Gasteiger partial charge in [0, 0.05) is 7.05 Å². The molecule has 11 heavy (non-hydrogen) atoms. The minimum absolute atomic E-state index is 0.0239. The second kappa shape index (κ2) is 3.78. The molecule has 1 heterocycles. The highest BCUT2D eigenvalue weighted by atomic mass is 32.1. The molecule has 1 rings (SSSR count). The van der Waals surface area contributed by atoms with Gasteiger partial charge < -0.3 is 4.90 Å². The quantitative estimate of drug-likeness (QED) is 0.698. The molecule has 1 amide bonds. The van der Waals surface area contributed by atoms with Crippen molar-refractivity contribution in [2.24, 2.45) is 0 Å². The molecule has 0 spiro atoms. The van der Waals surface area contributed by atoms with Crippen molar-refractivity contribution in [2.45, 2.75) is 0 Å². The number of rotatable bonds is 2. The van der Waals surface area contributed by atoms with E-state index >= 15 is 0 Å². The average Bonchev–Trinajstić information content (AvgIpc) is 2.53. The van der Waals surface area contributed by atoms with Crippen LogP contribution in [0.2, 0.25) is 0 Å². The fourth-order valence-corrected chi connectivity index (χ4v) is 1.62. The molecule has 0 atom stereocenters. The van der Waals surface area contributed by atoms with Gasteiger partial charge in [-0.2, -0.15) is 12.6 Å². The van der Waals surface area contributed by atoms with Crippen molar-refractivity contribution in [1.82, 2.24) is 0 Å². The van der Waals surface area contributed by atoms with Gasteiger partial charge in [-0.3, -0.25) is 4.79 Å². The van der Waals surface area contributed by atoms with E-state index in [0.29, 0.717) is 0 Å². The SMILES string of the molecule is CN(C(=O)CS)c1cccs1. The fraction of sp³-hybridized carbons (Fsp3) is 0.286. The summed E-state index contributed by atoms with van der Waals surface area (Å²) in [4.78, 5) is 12.7. The summed E-state index contributed by atoms with van der Waals surface area (Å²) < 4.78 is 0. The van der Waals surface area contributed by atoms with Crippen LogP contribution in [0.3, 0.4) is 0 Å². The van der Waals surface area contributed by atoms with E-state index in [1.807, 2.05) is 17.5 Å². The summed E-state index contributed by atoms with van der Waals surface area (Å²) in [6.45, 7) is 0. The molecule has 0 N–H and O–H groups in total. The van der Waals surface area contributed by atoms with E-state index in [1.165, 1.54) is 0 Å². The smallest absolute Gasteiger partial charge is 0.237 e. The monoisotopic (exact) mass is 187 g/mol. The highest BCUT2D eigenvalue weighted by Gasteiger charge is 2.08. The highest BCUT2D eigenvalue weighted by Crippen LogP contribution is 2.19. The summed E-state index contributed by atoms with van der Waals surface area (Å²) >= 11 is 5.45. The largest absolute Gasteiger partial charge is 0.306 e. The third-order valence-electron chi connectivity index (χ3n) is 1.35. The lowest BCUT2D eigenvalue weighted by Crippen LogP contribution is -2.26. The van der Waals surface area contributed by atoms with Crippen LogP contribution in [0.15, 0.2) is 17.5 Å². The number of carbonyl (C=O) groups is 1. The third kappa shape index (κ3) is 1.97. The molecule has 1 aromatic rings. The molecule has 0 unspecified atom stereocenters. The lowest BCUT2D eigenvalue weighted by Gasteiger charge is -2.12. The normalized spacial score (nSPS) is 9.64. The Bertz CT molecular complexity index is 233. The Hall–Kier alpha value is -0.480. The van der Waals surface area contributed by atoms with Crippen molar-refractivity contribution in [3.63, 3.8) is 0 Å². The van der Waals surface area contributed by atoms with Crippen LogP contribution in [0.25, 0.3) is 0 Å². The molecule has 0 saturated heterocycles. The first-order valence-electron chi connectivity index (χ1n) is 3.16. The predicted octanol–water partition coefficient (Wildman–Crippen LogP) is 1.64. The number of hydrogen-bond acceptors (Lipinski definition) is 3. The third-order valence-corrected chi connectivity index (χ3v) is 2.56. The number of anilines is 1. The predicted molar refractivity (Wildman–Crippen MR) is 51.6 cm³/mol. The van der Waals surface area contributed by atoms with E-state index in [1.54, 1.807) is 23.3 Å². The Kier molecular flexibility index (Phi) is 2.96. The molecule has 1 aromatic heterocycles. The van der Waals surface area contributed by atoms with E-state index < -0.39 is 0 Å². The van der Waals surface area contributed by atoms with Gasteiger partial charge >= 0.3 is 0 Å². The molecule has 0 bridgehead atoms. The Balaban J connectivity index is 2.70. The zero-order valence-electron chi connectivity index (χ0n) is 6.15. The van der Waals surface area contributed by atoms with Gasteiger partial charge in [0.1, 0.15) is 0 Å². The Morgan fingerprint density at radius 1 is 1.82 bits per heavy atom. The summed E-state index contributed by atoms with van der Waals surface area (Å²) in [7, 11) is 1.75. The Morgan fingerprint density at radius 3 is 3.00 bits per heavy atom. The van der Waals surface area contributed by atoms with E-state index in [-0.39, 0.29) is 11.7 Å². The van der Waals surface area contributed by atoms with Gasteiger partial charge in [-0.05, 0) is 17.5 Å². The summed E-state index contributed by atoms with van der Waals surface area (Å²) in [5, 5.41) is 2.90. The lowest BCUT2D eigenvalue weighted by atomic mass is 10.5. The molecule has 0 aromatic carbocycles. The fourth-order valence-electron chi connectivity index (χ4n) is 0.690. The van der Waals surface area contributed by atoms with Gasteiger partial charge in [-0.15, -0.1) is 11.3 Å². The van der Waals surface area contributed by atoms with Gasteiger partial charge in [0.2, 0.25) is 5.91 Å². The molecule has 4 heteroatoms. The number of carbonyl (C=O) groups excluding carboxylic acids is 1. The Morgan fingerprint density at radius 2 is 2.55 bits per heavy atom. The molecule has 2 nitrogen and oxygen atoms in total. The molecule has 0 aliphatic rings. The molecular formula is C7H9NOS2.